The standard InChI is InChI=1S/C14H19N3O4S2/c1-4-13-15-16-14(21-13)11-8-17(5-6-20-11)23(18,19)12-7-9(2)22-10(12)3/h7,11H,4-6,8H2,1-3H3/t11-/m0/s1. The van der Waals surface area contributed by atoms with Crippen LogP contribution in [0.5, 0.6) is 0 Å². The van der Waals surface area contributed by atoms with Crippen LogP contribution in [0.1, 0.15) is 34.6 Å². The second-order valence-electron chi connectivity index (χ2n) is 5.39. The molecule has 0 radical (unpaired) electrons. The van der Waals surface area contributed by atoms with E-state index in [0.717, 1.165) is 9.75 Å². The molecule has 0 unspecified atom stereocenters. The Labute approximate surface area is 139 Å². The summed E-state index contributed by atoms with van der Waals surface area (Å²) in [4.78, 5) is 2.16. The van der Waals surface area contributed by atoms with Crippen LogP contribution in [0.15, 0.2) is 15.4 Å². The van der Waals surface area contributed by atoms with Crippen molar-refractivity contribution in [1.82, 2.24) is 14.5 Å². The van der Waals surface area contributed by atoms with E-state index in [1.807, 2.05) is 20.8 Å². The first-order valence-electron chi connectivity index (χ1n) is 7.43. The van der Waals surface area contributed by atoms with Crippen LogP contribution in [0.25, 0.3) is 0 Å². The van der Waals surface area contributed by atoms with Gasteiger partial charge >= 0.3 is 0 Å². The average Bonchev–Trinajstić information content (AvgIpc) is 3.14. The summed E-state index contributed by atoms with van der Waals surface area (Å²) in [6.45, 7) is 6.45. The van der Waals surface area contributed by atoms with Crippen molar-refractivity contribution in [3.63, 3.8) is 0 Å². The Hall–Kier alpha value is -1.29. The number of thiophene rings is 1. The zero-order chi connectivity index (χ0) is 16.6. The fraction of sp³-hybridized carbons (Fsp3) is 0.571. The lowest BCUT2D eigenvalue weighted by molar-refractivity contribution is -0.0178. The molecule has 1 atom stereocenters. The first-order valence-corrected chi connectivity index (χ1v) is 9.68. The molecule has 2 aromatic heterocycles. The van der Waals surface area contributed by atoms with Gasteiger partial charge in [-0.3, -0.25) is 0 Å². The molecule has 1 saturated heterocycles. The molecule has 7 nitrogen and oxygen atoms in total. The van der Waals surface area contributed by atoms with Gasteiger partial charge in [-0.1, -0.05) is 6.92 Å². The van der Waals surface area contributed by atoms with Gasteiger partial charge in [0.1, 0.15) is 6.10 Å². The number of morpholine rings is 1. The lowest BCUT2D eigenvalue weighted by Gasteiger charge is -2.30. The number of aromatic nitrogens is 2. The minimum atomic E-state index is -3.54. The number of sulfonamides is 1. The summed E-state index contributed by atoms with van der Waals surface area (Å²) in [6, 6.07) is 1.72. The average molecular weight is 357 g/mol. The van der Waals surface area contributed by atoms with E-state index in [4.69, 9.17) is 9.15 Å². The molecule has 2 aromatic rings. The summed E-state index contributed by atoms with van der Waals surface area (Å²) in [7, 11) is -3.54. The number of aryl methyl sites for hydroxylation is 3. The van der Waals surface area contributed by atoms with Crippen molar-refractivity contribution < 1.29 is 17.6 Å². The van der Waals surface area contributed by atoms with Crippen molar-refractivity contribution in [3.05, 3.63) is 27.6 Å². The summed E-state index contributed by atoms with van der Waals surface area (Å²) >= 11 is 1.49. The summed E-state index contributed by atoms with van der Waals surface area (Å²) in [6.07, 6.45) is 0.112. The van der Waals surface area contributed by atoms with Crippen molar-refractivity contribution in [2.75, 3.05) is 19.7 Å². The summed E-state index contributed by atoms with van der Waals surface area (Å²) in [5.74, 6) is 0.854. The quantitative estimate of drug-likeness (QED) is 0.833. The van der Waals surface area contributed by atoms with Gasteiger partial charge in [-0.15, -0.1) is 21.5 Å². The minimum Gasteiger partial charge on any atom is -0.422 e. The number of ether oxygens (including phenoxy) is 1. The van der Waals surface area contributed by atoms with E-state index >= 15 is 0 Å². The molecule has 3 heterocycles. The van der Waals surface area contributed by atoms with Crippen LogP contribution >= 0.6 is 11.3 Å². The SMILES string of the molecule is CCc1nnc([C@@H]2CN(S(=O)(=O)c3cc(C)sc3C)CCO2)o1. The third-order valence-electron chi connectivity index (χ3n) is 3.70. The molecule has 0 aromatic carbocycles. The van der Waals surface area contributed by atoms with Crippen LogP contribution in [0, 0.1) is 13.8 Å². The monoisotopic (exact) mass is 357 g/mol. The van der Waals surface area contributed by atoms with Crippen LogP contribution in [0.4, 0.5) is 0 Å². The van der Waals surface area contributed by atoms with Gasteiger partial charge in [0, 0.05) is 29.3 Å². The molecule has 1 aliphatic heterocycles. The number of hydrogen-bond donors (Lipinski definition) is 0. The molecule has 23 heavy (non-hydrogen) atoms. The molecule has 3 rings (SSSR count). The molecular formula is C14H19N3O4S2. The van der Waals surface area contributed by atoms with Crippen LogP contribution in [-0.4, -0.2) is 42.6 Å². The predicted octanol–water partition coefficient (Wildman–Crippen LogP) is 2.07. The molecule has 1 aliphatic rings. The topological polar surface area (TPSA) is 85.5 Å². The van der Waals surface area contributed by atoms with Crippen LogP contribution < -0.4 is 0 Å². The van der Waals surface area contributed by atoms with Crippen LogP contribution in [0.3, 0.4) is 0 Å². The zero-order valence-electron chi connectivity index (χ0n) is 13.3. The normalized spacial score (nSPS) is 20.0. The second-order valence-corrected chi connectivity index (χ2v) is 8.75. The van der Waals surface area contributed by atoms with Gasteiger partial charge in [0.25, 0.3) is 0 Å². The Morgan fingerprint density at radius 1 is 1.39 bits per heavy atom. The molecule has 1 fully saturated rings. The Morgan fingerprint density at radius 3 is 2.78 bits per heavy atom. The molecule has 0 aliphatic carbocycles. The third-order valence-corrected chi connectivity index (χ3v) is 6.79. The zero-order valence-corrected chi connectivity index (χ0v) is 14.9. The molecule has 0 amide bonds. The van der Waals surface area contributed by atoms with Crippen molar-refractivity contribution in [1.29, 1.82) is 0 Å². The molecule has 0 saturated carbocycles. The van der Waals surface area contributed by atoms with E-state index in [2.05, 4.69) is 10.2 Å². The van der Waals surface area contributed by atoms with E-state index in [-0.39, 0.29) is 6.54 Å². The van der Waals surface area contributed by atoms with Gasteiger partial charge < -0.3 is 9.15 Å². The fourth-order valence-corrected chi connectivity index (χ4v) is 5.48. The Balaban J connectivity index is 1.84. The number of nitrogens with zero attached hydrogens (tertiary/aromatic N) is 3. The van der Waals surface area contributed by atoms with Crippen molar-refractivity contribution in [2.24, 2.45) is 0 Å². The first-order chi connectivity index (χ1) is 10.9. The fourth-order valence-electron chi connectivity index (χ4n) is 2.54. The van der Waals surface area contributed by atoms with E-state index < -0.39 is 16.1 Å². The van der Waals surface area contributed by atoms with E-state index in [1.54, 1.807) is 6.07 Å². The highest BCUT2D eigenvalue weighted by Gasteiger charge is 2.35. The maximum Gasteiger partial charge on any atom is 0.246 e. The highest BCUT2D eigenvalue weighted by molar-refractivity contribution is 7.89. The first kappa shape index (κ1) is 16.6. The molecular weight excluding hydrogens is 338 g/mol. The van der Waals surface area contributed by atoms with Gasteiger partial charge in [0.2, 0.25) is 21.8 Å². The molecule has 126 valence electrons. The number of hydrogen-bond acceptors (Lipinski definition) is 7. The lowest BCUT2D eigenvalue weighted by atomic mass is 10.3. The maximum atomic E-state index is 12.9. The molecule has 0 spiro atoms. The Kier molecular flexibility index (Phi) is 4.54. The summed E-state index contributed by atoms with van der Waals surface area (Å²) < 4.78 is 38.3. The Bertz CT molecular complexity index is 797. The summed E-state index contributed by atoms with van der Waals surface area (Å²) in [5, 5.41) is 7.87. The maximum absolute atomic E-state index is 12.9. The van der Waals surface area contributed by atoms with E-state index in [9.17, 15) is 8.42 Å². The summed E-state index contributed by atoms with van der Waals surface area (Å²) in [5.41, 5.74) is 0. The molecule has 9 heteroatoms. The van der Waals surface area contributed by atoms with Crippen molar-refractivity contribution in [2.45, 2.75) is 38.2 Å². The van der Waals surface area contributed by atoms with Gasteiger partial charge in [-0.05, 0) is 19.9 Å². The Morgan fingerprint density at radius 2 is 2.17 bits per heavy atom. The van der Waals surface area contributed by atoms with Gasteiger partial charge in [-0.25, -0.2) is 8.42 Å². The smallest absolute Gasteiger partial charge is 0.246 e. The van der Waals surface area contributed by atoms with Gasteiger partial charge in [-0.2, -0.15) is 4.31 Å². The van der Waals surface area contributed by atoms with E-state index in [0.29, 0.717) is 36.2 Å². The molecule has 0 N–H and O–H groups in total. The van der Waals surface area contributed by atoms with Crippen LogP contribution in [0.2, 0.25) is 0 Å². The van der Waals surface area contributed by atoms with E-state index in [1.165, 1.54) is 15.6 Å². The largest absolute Gasteiger partial charge is 0.422 e. The molecule has 0 bridgehead atoms. The van der Waals surface area contributed by atoms with Gasteiger partial charge in [0.05, 0.1) is 11.5 Å². The van der Waals surface area contributed by atoms with Crippen LogP contribution in [-0.2, 0) is 21.2 Å². The third kappa shape index (κ3) is 3.18. The second kappa shape index (κ2) is 6.31. The minimum absolute atomic E-state index is 0.183. The van der Waals surface area contributed by atoms with Crippen molar-refractivity contribution >= 4 is 21.4 Å². The number of rotatable bonds is 4. The predicted molar refractivity (Wildman–Crippen MR) is 84.9 cm³/mol. The van der Waals surface area contributed by atoms with Gasteiger partial charge in [0.15, 0.2) is 0 Å². The lowest BCUT2D eigenvalue weighted by Crippen LogP contribution is -2.42. The van der Waals surface area contributed by atoms with Crippen molar-refractivity contribution in [3.8, 4) is 0 Å². The highest BCUT2D eigenvalue weighted by atomic mass is 32.2. The highest BCUT2D eigenvalue weighted by Crippen LogP contribution is 2.30.